The molecule has 102 valence electrons. The molecule has 0 unspecified atom stereocenters. The molecule has 0 spiro atoms. The first-order valence-electron chi connectivity index (χ1n) is 5.89. The van der Waals surface area contributed by atoms with Gasteiger partial charge in [0.25, 0.3) is 0 Å². The van der Waals surface area contributed by atoms with Crippen LogP contribution in [0.4, 0.5) is 5.69 Å². The van der Waals surface area contributed by atoms with Crippen LogP contribution in [0.1, 0.15) is 11.1 Å². The molecule has 0 aliphatic carbocycles. The van der Waals surface area contributed by atoms with Crippen molar-refractivity contribution in [2.45, 2.75) is 6.54 Å². The first-order valence-corrected chi connectivity index (χ1v) is 7.06. The summed E-state index contributed by atoms with van der Waals surface area (Å²) in [5.41, 5.74) is 2.42. The molecule has 0 atom stereocenters. The van der Waals surface area contributed by atoms with Crippen LogP contribution in [0.15, 0.2) is 40.9 Å². The molecular weight excluding hydrogens is 340 g/mol. The monoisotopic (exact) mass is 350 g/mol. The fourth-order valence-corrected chi connectivity index (χ4v) is 2.46. The van der Waals surface area contributed by atoms with E-state index in [1.807, 2.05) is 24.3 Å². The van der Waals surface area contributed by atoms with Gasteiger partial charge in [0.2, 0.25) is 0 Å². The van der Waals surface area contributed by atoms with Gasteiger partial charge < -0.3 is 10.1 Å². The number of hydrogen-bond donors (Lipinski definition) is 1. The molecule has 1 N–H and O–H groups in total. The summed E-state index contributed by atoms with van der Waals surface area (Å²) >= 11 is 9.57. The number of nitrogens with zero attached hydrogens (tertiary/aromatic N) is 1. The Morgan fingerprint density at radius 2 is 2.10 bits per heavy atom. The van der Waals surface area contributed by atoms with Gasteiger partial charge in [0, 0.05) is 27.8 Å². The lowest BCUT2D eigenvalue weighted by atomic mass is 10.1. The first kappa shape index (κ1) is 14.7. The molecule has 0 amide bonds. The Morgan fingerprint density at radius 3 is 2.75 bits per heavy atom. The standard InChI is InChI=1S/C15H12BrClN2O/c1-20-14-6-12(16)5-13(7-14)19-9-11-3-2-10(8-18)4-15(11)17/h2-7,19H,9H2,1H3. The van der Waals surface area contributed by atoms with Crippen molar-refractivity contribution in [3.8, 4) is 11.8 Å². The van der Waals surface area contributed by atoms with E-state index in [-0.39, 0.29) is 0 Å². The van der Waals surface area contributed by atoms with E-state index < -0.39 is 0 Å². The second-order valence-corrected chi connectivity index (χ2v) is 5.47. The Morgan fingerprint density at radius 1 is 1.30 bits per heavy atom. The van der Waals surface area contributed by atoms with Gasteiger partial charge >= 0.3 is 0 Å². The summed E-state index contributed by atoms with van der Waals surface area (Å²) in [6.07, 6.45) is 0. The van der Waals surface area contributed by atoms with E-state index in [0.717, 1.165) is 21.5 Å². The molecule has 0 bridgehead atoms. The summed E-state index contributed by atoms with van der Waals surface area (Å²) < 4.78 is 6.15. The molecule has 2 aromatic rings. The van der Waals surface area contributed by atoms with Crippen molar-refractivity contribution in [1.29, 1.82) is 5.26 Å². The van der Waals surface area contributed by atoms with Crippen LogP contribution in [0.2, 0.25) is 5.02 Å². The van der Waals surface area contributed by atoms with Crippen LogP contribution in [0.25, 0.3) is 0 Å². The number of ether oxygens (including phenoxy) is 1. The van der Waals surface area contributed by atoms with Gasteiger partial charge in [-0.25, -0.2) is 0 Å². The Hall–Kier alpha value is -1.70. The highest BCUT2D eigenvalue weighted by molar-refractivity contribution is 9.10. The fourth-order valence-electron chi connectivity index (χ4n) is 1.74. The number of hydrogen-bond acceptors (Lipinski definition) is 3. The number of halogens is 2. The van der Waals surface area contributed by atoms with Gasteiger partial charge in [-0.15, -0.1) is 0 Å². The summed E-state index contributed by atoms with van der Waals surface area (Å²) in [6, 6.07) is 13.1. The molecule has 0 aliphatic heterocycles. The highest BCUT2D eigenvalue weighted by Crippen LogP contribution is 2.25. The Balaban J connectivity index is 2.13. The van der Waals surface area contributed by atoms with Gasteiger partial charge in [-0.3, -0.25) is 0 Å². The summed E-state index contributed by atoms with van der Waals surface area (Å²) in [6.45, 7) is 0.574. The average molecular weight is 352 g/mol. The van der Waals surface area contributed by atoms with Crippen LogP contribution in [0, 0.1) is 11.3 Å². The number of rotatable bonds is 4. The summed E-state index contributed by atoms with van der Waals surface area (Å²) in [5, 5.41) is 12.7. The summed E-state index contributed by atoms with van der Waals surface area (Å²) in [5.74, 6) is 0.771. The van der Waals surface area contributed by atoms with E-state index in [0.29, 0.717) is 17.1 Å². The maximum Gasteiger partial charge on any atom is 0.122 e. The largest absolute Gasteiger partial charge is 0.497 e. The molecule has 20 heavy (non-hydrogen) atoms. The zero-order chi connectivity index (χ0) is 14.5. The molecule has 0 fully saturated rings. The fraction of sp³-hybridized carbons (Fsp3) is 0.133. The Kier molecular flexibility index (Phi) is 4.89. The quantitative estimate of drug-likeness (QED) is 0.876. The van der Waals surface area contributed by atoms with Crippen molar-refractivity contribution in [3.05, 3.63) is 57.0 Å². The third kappa shape index (κ3) is 3.66. The van der Waals surface area contributed by atoms with Gasteiger partial charge in [-0.1, -0.05) is 33.6 Å². The predicted molar refractivity (Wildman–Crippen MR) is 84.2 cm³/mol. The SMILES string of the molecule is COc1cc(Br)cc(NCc2ccc(C#N)cc2Cl)c1. The van der Waals surface area contributed by atoms with Crippen molar-refractivity contribution in [2.75, 3.05) is 12.4 Å². The third-order valence-corrected chi connectivity index (χ3v) is 3.58. The molecule has 3 nitrogen and oxygen atoms in total. The minimum atomic E-state index is 0.558. The topological polar surface area (TPSA) is 45.0 Å². The molecular formula is C15H12BrClN2O. The van der Waals surface area contributed by atoms with Crippen LogP contribution >= 0.6 is 27.5 Å². The maximum atomic E-state index is 8.81. The van der Waals surface area contributed by atoms with E-state index in [4.69, 9.17) is 21.6 Å². The first-order chi connectivity index (χ1) is 9.62. The predicted octanol–water partition coefficient (Wildman–Crippen LogP) is 4.59. The average Bonchev–Trinajstić information content (AvgIpc) is 2.45. The van der Waals surface area contributed by atoms with E-state index in [1.165, 1.54) is 0 Å². The lowest BCUT2D eigenvalue weighted by molar-refractivity contribution is 0.414. The Bertz CT molecular complexity index is 667. The smallest absolute Gasteiger partial charge is 0.122 e. The lowest BCUT2D eigenvalue weighted by Gasteiger charge is -2.10. The number of nitrogens with one attached hydrogen (secondary N) is 1. The third-order valence-electron chi connectivity index (χ3n) is 2.77. The number of methoxy groups -OCH3 is 1. The minimum Gasteiger partial charge on any atom is -0.497 e. The van der Waals surface area contributed by atoms with Crippen LogP contribution in [0.5, 0.6) is 5.75 Å². The van der Waals surface area contributed by atoms with Crippen molar-refractivity contribution in [2.24, 2.45) is 0 Å². The molecule has 0 radical (unpaired) electrons. The number of benzene rings is 2. The zero-order valence-electron chi connectivity index (χ0n) is 10.8. The highest BCUT2D eigenvalue weighted by atomic mass is 79.9. The molecule has 0 heterocycles. The van der Waals surface area contributed by atoms with E-state index in [2.05, 4.69) is 27.3 Å². The normalized spacial score (nSPS) is 9.90. The van der Waals surface area contributed by atoms with Crippen molar-refractivity contribution >= 4 is 33.2 Å². The second kappa shape index (κ2) is 6.65. The van der Waals surface area contributed by atoms with Crippen LogP contribution in [-0.4, -0.2) is 7.11 Å². The van der Waals surface area contributed by atoms with Crippen molar-refractivity contribution in [1.82, 2.24) is 0 Å². The zero-order valence-corrected chi connectivity index (χ0v) is 13.1. The van der Waals surface area contributed by atoms with Crippen molar-refractivity contribution < 1.29 is 4.74 Å². The summed E-state index contributed by atoms with van der Waals surface area (Å²) in [4.78, 5) is 0. The van der Waals surface area contributed by atoms with Crippen LogP contribution in [0.3, 0.4) is 0 Å². The van der Waals surface area contributed by atoms with E-state index >= 15 is 0 Å². The van der Waals surface area contributed by atoms with Gasteiger partial charge in [0.15, 0.2) is 0 Å². The maximum absolute atomic E-state index is 8.81. The summed E-state index contributed by atoms with van der Waals surface area (Å²) in [7, 11) is 1.63. The molecule has 0 aromatic heterocycles. The van der Waals surface area contributed by atoms with Gasteiger partial charge in [-0.2, -0.15) is 5.26 Å². The van der Waals surface area contributed by atoms with Crippen LogP contribution in [-0.2, 0) is 6.54 Å². The van der Waals surface area contributed by atoms with Gasteiger partial charge in [-0.05, 0) is 29.8 Å². The highest BCUT2D eigenvalue weighted by Gasteiger charge is 2.03. The molecule has 2 aromatic carbocycles. The molecule has 5 heteroatoms. The Labute approximate surface area is 131 Å². The van der Waals surface area contributed by atoms with Gasteiger partial charge in [0.1, 0.15) is 5.75 Å². The second-order valence-electron chi connectivity index (χ2n) is 4.15. The lowest BCUT2D eigenvalue weighted by Crippen LogP contribution is -2.00. The molecule has 0 saturated carbocycles. The van der Waals surface area contributed by atoms with Crippen molar-refractivity contribution in [3.63, 3.8) is 0 Å². The number of anilines is 1. The molecule has 0 saturated heterocycles. The minimum absolute atomic E-state index is 0.558. The van der Waals surface area contributed by atoms with E-state index in [9.17, 15) is 0 Å². The molecule has 2 rings (SSSR count). The van der Waals surface area contributed by atoms with Gasteiger partial charge in [0.05, 0.1) is 18.7 Å². The number of nitriles is 1. The molecule has 0 aliphatic rings. The van der Waals surface area contributed by atoms with Crippen LogP contribution < -0.4 is 10.1 Å². The van der Waals surface area contributed by atoms with E-state index in [1.54, 1.807) is 19.2 Å².